The smallest absolute Gasteiger partial charge is 0.191 e. The van der Waals surface area contributed by atoms with Crippen molar-refractivity contribution in [2.75, 3.05) is 24.5 Å². The highest BCUT2D eigenvalue weighted by Crippen LogP contribution is 2.24. The SMILES string of the molecule is CCNC(=NCc1ccc(N2CCC(O)CC2)c(F)c1)NC(C)CCC(C)C. The van der Waals surface area contributed by atoms with Gasteiger partial charge in [-0.2, -0.15) is 0 Å². The van der Waals surface area contributed by atoms with Crippen LogP contribution < -0.4 is 15.5 Å². The number of aliphatic hydroxyl groups is 1. The Morgan fingerprint density at radius 2 is 1.96 bits per heavy atom. The second-order valence-electron chi connectivity index (χ2n) is 8.22. The lowest BCUT2D eigenvalue weighted by Crippen LogP contribution is -2.42. The summed E-state index contributed by atoms with van der Waals surface area (Å²) >= 11 is 0. The number of aliphatic imine (C=N–C) groups is 1. The molecule has 0 aliphatic carbocycles. The van der Waals surface area contributed by atoms with Crippen LogP contribution in [-0.2, 0) is 6.54 Å². The first-order valence-corrected chi connectivity index (χ1v) is 10.6. The van der Waals surface area contributed by atoms with Crippen LogP contribution in [0.2, 0.25) is 0 Å². The van der Waals surface area contributed by atoms with E-state index in [9.17, 15) is 9.50 Å². The third kappa shape index (κ3) is 7.30. The van der Waals surface area contributed by atoms with Gasteiger partial charge in [-0.25, -0.2) is 9.38 Å². The van der Waals surface area contributed by atoms with Crippen LogP contribution >= 0.6 is 0 Å². The topological polar surface area (TPSA) is 59.9 Å². The lowest BCUT2D eigenvalue weighted by Gasteiger charge is -2.31. The minimum Gasteiger partial charge on any atom is -0.393 e. The molecule has 6 heteroatoms. The molecule has 1 fully saturated rings. The van der Waals surface area contributed by atoms with E-state index in [4.69, 9.17) is 0 Å². The number of piperidine rings is 1. The molecule has 3 N–H and O–H groups in total. The summed E-state index contributed by atoms with van der Waals surface area (Å²) in [6.07, 6.45) is 3.40. The molecule has 0 aromatic heterocycles. The molecule has 0 amide bonds. The molecule has 1 aromatic carbocycles. The van der Waals surface area contributed by atoms with Crippen molar-refractivity contribution >= 4 is 11.6 Å². The fourth-order valence-corrected chi connectivity index (χ4v) is 3.39. The summed E-state index contributed by atoms with van der Waals surface area (Å²) in [5, 5.41) is 16.3. The predicted molar refractivity (Wildman–Crippen MR) is 115 cm³/mol. The van der Waals surface area contributed by atoms with E-state index < -0.39 is 0 Å². The third-order valence-corrected chi connectivity index (χ3v) is 5.14. The van der Waals surface area contributed by atoms with E-state index in [-0.39, 0.29) is 11.9 Å². The highest BCUT2D eigenvalue weighted by molar-refractivity contribution is 5.80. The zero-order valence-electron chi connectivity index (χ0n) is 17.8. The van der Waals surface area contributed by atoms with Gasteiger partial charge in [-0.15, -0.1) is 0 Å². The van der Waals surface area contributed by atoms with Gasteiger partial charge in [0.15, 0.2) is 5.96 Å². The average Bonchev–Trinajstić information content (AvgIpc) is 2.65. The van der Waals surface area contributed by atoms with E-state index in [1.165, 1.54) is 6.42 Å². The van der Waals surface area contributed by atoms with Gasteiger partial charge in [0.25, 0.3) is 0 Å². The number of nitrogens with zero attached hydrogens (tertiary/aromatic N) is 2. The van der Waals surface area contributed by atoms with Crippen LogP contribution in [0.5, 0.6) is 0 Å². The zero-order chi connectivity index (χ0) is 20.5. The van der Waals surface area contributed by atoms with Crippen molar-refractivity contribution in [2.45, 2.75) is 72.1 Å². The number of hydrogen-bond donors (Lipinski definition) is 3. The Balaban J connectivity index is 1.96. The molecular weight excluding hydrogens is 355 g/mol. The van der Waals surface area contributed by atoms with Gasteiger partial charge in [-0.05, 0) is 63.1 Å². The van der Waals surface area contributed by atoms with Gasteiger partial charge in [0.05, 0.1) is 18.3 Å². The summed E-state index contributed by atoms with van der Waals surface area (Å²) in [5.74, 6) is 1.24. The van der Waals surface area contributed by atoms with Crippen molar-refractivity contribution in [1.82, 2.24) is 10.6 Å². The number of benzene rings is 1. The lowest BCUT2D eigenvalue weighted by molar-refractivity contribution is 0.145. The van der Waals surface area contributed by atoms with E-state index in [2.05, 4.69) is 36.4 Å². The quantitative estimate of drug-likeness (QED) is 0.467. The van der Waals surface area contributed by atoms with Crippen molar-refractivity contribution < 1.29 is 9.50 Å². The monoisotopic (exact) mass is 392 g/mol. The Hall–Kier alpha value is -1.82. The van der Waals surface area contributed by atoms with E-state index in [0.717, 1.165) is 24.5 Å². The summed E-state index contributed by atoms with van der Waals surface area (Å²) in [5.41, 5.74) is 1.47. The Kier molecular flexibility index (Phi) is 9.03. The molecule has 0 saturated carbocycles. The molecule has 2 rings (SSSR count). The normalized spacial score (nSPS) is 17.1. The largest absolute Gasteiger partial charge is 0.393 e. The molecule has 0 bridgehead atoms. The molecular formula is C22H37FN4O. The van der Waals surface area contributed by atoms with E-state index in [0.29, 0.717) is 50.1 Å². The summed E-state index contributed by atoms with van der Waals surface area (Å²) in [4.78, 5) is 6.64. The molecule has 5 nitrogen and oxygen atoms in total. The van der Waals surface area contributed by atoms with Crippen molar-refractivity contribution in [3.05, 3.63) is 29.6 Å². The highest BCUT2D eigenvalue weighted by atomic mass is 19.1. The van der Waals surface area contributed by atoms with Crippen LogP contribution in [0.4, 0.5) is 10.1 Å². The second-order valence-corrected chi connectivity index (χ2v) is 8.22. The van der Waals surface area contributed by atoms with Crippen LogP contribution in [0.25, 0.3) is 0 Å². The Morgan fingerprint density at radius 3 is 2.57 bits per heavy atom. The molecule has 1 aromatic rings. The first-order valence-electron chi connectivity index (χ1n) is 10.6. The first-order chi connectivity index (χ1) is 13.4. The van der Waals surface area contributed by atoms with Crippen molar-refractivity contribution in [3.8, 4) is 0 Å². The molecule has 0 radical (unpaired) electrons. The van der Waals surface area contributed by atoms with Gasteiger partial charge in [0.1, 0.15) is 5.82 Å². The number of hydrogen-bond acceptors (Lipinski definition) is 3. The number of guanidine groups is 1. The Bertz CT molecular complexity index is 627. The van der Waals surface area contributed by atoms with Gasteiger partial charge in [0, 0.05) is 25.7 Å². The maximum absolute atomic E-state index is 14.6. The van der Waals surface area contributed by atoms with Crippen LogP contribution in [0.1, 0.15) is 58.9 Å². The van der Waals surface area contributed by atoms with Crippen LogP contribution in [0, 0.1) is 11.7 Å². The van der Waals surface area contributed by atoms with Gasteiger partial charge >= 0.3 is 0 Å². The zero-order valence-corrected chi connectivity index (χ0v) is 17.8. The van der Waals surface area contributed by atoms with E-state index in [1.54, 1.807) is 6.07 Å². The number of rotatable bonds is 8. The van der Waals surface area contributed by atoms with Crippen molar-refractivity contribution in [3.63, 3.8) is 0 Å². The predicted octanol–water partition coefficient (Wildman–Crippen LogP) is 3.67. The van der Waals surface area contributed by atoms with Crippen molar-refractivity contribution in [2.24, 2.45) is 10.9 Å². The molecule has 0 spiro atoms. The van der Waals surface area contributed by atoms with Gasteiger partial charge in [-0.1, -0.05) is 19.9 Å². The highest BCUT2D eigenvalue weighted by Gasteiger charge is 2.19. The van der Waals surface area contributed by atoms with Crippen LogP contribution in [0.15, 0.2) is 23.2 Å². The average molecular weight is 393 g/mol. The minimum atomic E-state index is -0.257. The van der Waals surface area contributed by atoms with Crippen LogP contribution in [-0.4, -0.2) is 42.8 Å². The maximum Gasteiger partial charge on any atom is 0.191 e. The third-order valence-electron chi connectivity index (χ3n) is 5.14. The fraction of sp³-hybridized carbons (Fsp3) is 0.682. The maximum atomic E-state index is 14.6. The molecule has 1 heterocycles. The molecule has 1 unspecified atom stereocenters. The van der Waals surface area contributed by atoms with Crippen molar-refractivity contribution in [1.29, 1.82) is 0 Å². The van der Waals surface area contributed by atoms with E-state index in [1.807, 2.05) is 24.0 Å². The number of nitrogens with one attached hydrogen (secondary N) is 2. The van der Waals surface area contributed by atoms with Gasteiger partial charge in [-0.3, -0.25) is 0 Å². The Morgan fingerprint density at radius 1 is 1.25 bits per heavy atom. The summed E-state index contributed by atoms with van der Waals surface area (Å²) in [7, 11) is 0. The first kappa shape index (κ1) is 22.5. The number of anilines is 1. The lowest BCUT2D eigenvalue weighted by atomic mass is 10.0. The molecule has 1 aliphatic rings. The molecule has 1 aliphatic heterocycles. The fourth-order valence-electron chi connectivity index (χ4n) is 3.39. The molecule has 1 saturated heterocycles. The van der Waals surface area contributed by atoms with Gasteiger partial charge < -0.3 is 20.6 Å². The van der Waals surface area contributed by atoms with E-state index >= 15 is 0 Å². The summed E-state index contributed by atoms with van der Waals surface area (Å²) in [6.45, 7) is 11.3. The van der Waals surface area contributed by atoms with Gasteiger partial charge in [0.2, 0.25) is 0 Å². The van der Waals surface area contributed by atoms with Crippen LogP contribution in [0.3, 0.4) is 0 Å². The number of aliphatic hydroxyl groups excluding tert-OH is 1. The number of halogens is 1. The standard InChI is InChI=1S/C22H37FN4O/c1-5-24-22(26-17(4)7-6-16(2)3)25-15-18-8-9-21(20(23)14-18)27-12-10-19(28)11-13-27/h8-9,14,16-17,19,28H,5-7,10-13,15H2,1-4H3,(H2,24,25,26). The molecule has 158 valence electrons. The molecule has 28 heavy (non-hydrogen) atoms. The summed E-state index contributed by atoms with van der Waals surface area (Å²) < 4.78 is 14.6. The second kappa shape index (κ2) is 11.2. The Labute approximate surface area is 169 Å². The summed E-state index contributed by atoms with van der Waals surface area (Å²) in [6, 6.07) is 5.70. The minimum absolute atomic E-state index is 0.215. The molecule has 1 atom stereocenters.